The highest BCUT2D eigenvalue weighted by molar-refractivity contribution is 7.74. The summed E-state index contributed by atoms with van der Waals surface area (Å²) in [5, 5.41) is 0. The van der Waals surface area contributed by atoms with E-state index in [0.717, 1.165) is 32.5 Å². The lowest BCUT2D eigenvalue weighted by Crippen LogP contribution is -2.31. The van der Waals surface area contributed by atoms with Crippen LogP contribution in [0, 0.1) is 0 Å². The van der Waals surface area contributed by atoms with Gasteiger partial charge in [0.05, 0.1) is 6.61 Å². The Morgan fingerprint density at radius 1 is 1.35 bits per heavy atom. The molecule has 1 aromatic rings. The third kappa shape index (κ3) is 3.89. The Kier molecular flexibility index (Phi) is 4.67. The molecule has 0 bridgehead atoms. The maximum absolute atomic E-state index is 10.3. The maximum Gasteiger partial charge on any atom is 0.301 e. The lowest BCUT2D eigenvalue weighted by Gasteiger charge is -2.28. The van der Waals surface area contributed by atoms with Crippen molar-refractivity contribution in [1.82, 2.24) is 4.90 Å². The van der Waals surface area contributed by atoms with Crippen molar-refractivity contribution in [2.24, 2.45) is 0 Å². The molecule has 17 heavy (non-hydrogen) atoms. The van der Waals surface area contributed by atoms with Crippen LogP contribution in [0.2, 0.25) is 0 Å². The molecular formula is C12H17NO3S. The summed E-state index contributed by atoms with van der Waals surface area (Å²) >= 11 is -2.13. The van der Waals surface area contributed by atoms with Crippen LogP contribution in [0.25, 0.3) is 0 Å². The average Bonchev–Trinajstić information content (AvgIpc) is 2.34. The summed E-state index contributed by atoms with van der Waals surface area (Å²) in [6.45, 7) is 3.27. The molecule has 0 spiro atoms. The van der Waals surface area contributed by atoms with Crippen molar-refractivity contribution in [3.05, 3.63) is 35.4 Å². The zero-order valence-corrected chi connectivity index (χ0v) is 10.5. The van der Waals surface area contributed by atoms with Gasteiger partial charge in [0.2, 0.25) is 0 Å². The summed E-state index contributed by atoms with van der Waals surface area (Å²) in [5.41, 5.74) is 2.84. The van der Waals surface area contributed by atoms with Crippen LogP contribution in [0.4, 0.5) is 0 Å². The van der Waals surface area contributed by atoms with Gasteiger partial charge in [0.1, 0.15) is 0 Å². The van der Waals surface area contributed by atoms with Crippen LogP contribution < -0.4 is 0 Å². The lowest BCUT2D eigenvalue weighted by atomic mass is 10.00. The van der Waals surface area contributed by atoms with Crippen molar-refractivity contribution in [2.75, 3.05) is 19.7 Å². The number of nitrogens with zero attached hydrogens (tertiary/aromatic N) is 1. The van der Waals surface area contributed by atoms with Gasteiger partial charge in [-0.2, -0.15) is 4.21 Å². The van der Waals surface area contributed by atoms with Crippen LogP contribution in [0.3, 0.4) is 0 Å². The second-order valence-electron chi connectivity index (χ2n) is 4.19. The van der Waals surface area contributed by atoms with Crippen LogP contribution in [0.15, 0.2) is 24.3 Å². The van der Waals surface area contributed by atoms with Crippen LogP contribution in [-0.4, -0.2) is 33.4 Å². The summed E-state index contributed by atoms with van der Waals surface area (Å²) in [7, 11) is 0. The zero-order valence-electron chi connectivity index (χ0n) is 9.67. The van der Waals surface area contributed by atoms with Gasteiger partial charge in [-0.1, -0.05) is 24.3 Å². The highest BCUT2D eigenvalue weighted by Crippen LogP contribution is 2.18. The third-order valence-electron chi connectivity index (χ3n) is 3.01. The monoisotopic (exact) mass is 255 g/mol. The van der Waals surface area contributed by atoms with Crippen molar-refractivity contribution in [2.45, 2.75) is 19.4 Å². The maximum atomic E-state index is 10.3. The first-order valence-electron chi connectivity index (χ1n) is 5.79. The summed E-state index contributed by atoms with van der Waals surface area (Å²) in [6, 6.07) is 8.50. The van der Waals surface area contributed by atoms with Crippen LogP contribution in [0.5, 0.6) is 0 Å². The highest BCUT2D eigenvalue weighted by Gasteiger charge is 2.14. The van der Waals surface area contributed by atoms with Crippen LogP contribution in [-0.2, 0) is 28.5 Å². The largest absolute Gasteiger partial charge is 0.301 e. The van der Waals surface area contributed by atoms with Crippen LogP contribution >= 0.6 is 0 Å². The fourth-order valence-corrected chi connectivity index (χ4v) is 2.42. The molecule has 0 aromatic heterocycles. The van der Waals surface area contributed by atoms with Gasteiger partial charge in [-0.15, -0.1) is 0 Å². The van der Waals surface area contributed by atoms with Gasteiger partial charge in [-0.25, -0.2) is 0 Å². The van der Waals surface area contributed by atoms with E-state index >= 15 is 0 Å². The topological polar surface area (TPSA) is 49.8 Å². The Morgan fingerprint density at radius 3 is 2.88 bits per heavy atom. The summed E-state index contributed by atoms with van der Waals surface area (Å²) < 4.78 is 23.3. The molecule has 0 radical (unpaired) electrons. The van der Waals surface area contributed by atoms with E-state index in [-0.39, 0.29) is 0 Å². The minimum atomic E-state index is -2.13. The van der Waals surface area contributed by atoms with Crippen LogP contribution in [0.1, 0.15) is 17.5 Å². The lowest BCUT2D eigenvalue weighted by molar-refractivity contribution is 0.221. The van der Waals surface area contributed by atoms with E-state index in [1.54, 1.807) is 0 Å². The molecule has 1 aromatic carbocycles. The first kappa shape index (κ1) is 12.7. The number of hydrogen-bond donors (Lipinski definition) is 1. The third-order valence-corrected chi connectivity index (χ3v) is 3.38. The minimum absolute atomic E-state index is 0.335. The molecule has 94 valence electrons. The SMILES string of the molecule is O=S(O)OCCCN1CCc2ccccc2C1. The van der Waals surface area contributed by atoms with Crippen molar-refractivity contribution in [3.8, 4) is 0 Å². The van der Waals surface area contributed by atoms with E-state index in [1.165, 1.54) is 11.1 Å². The smallest absolute Gasteiger partial charge is 0.299 e. The molecule has 1 unspecified atom stereocenters. The van der Waals surface area contributed by atoms with Gasteiger partial charge in [0, 0.05) is 19.6 Å². The van der Waals surface area contributed by atoms with E-state index < -0.39 is 11.4 Å². The molecule has 0 aliphatic carbocycles. The summed E-state index contributed by atoms with van der Waals surface area (Å²) in [4.78, 5) is 2.35. The van der Waals surface area contributed by atoms with Gasteiger partial charge in [0.15, 0.2) is 0 Å². The number of benzene rings is 1. The van der Waals surface area contributed by atoms with E-state index in [2.05, 4.69) is 33.3 Å². The summed E-state index contributed by atoms with van der Waals surface area (Å²) in [5.74, 6) is 0. The number of rotatable bonds is 5. The number of hydrogen-bond acceptors (Lipinski definition) is 3. The van der Waals surface area contributed by atoms with E-state index in [4.69, 9.17) is 4.55 Å². The molecule has 1 atom stereocenters. The second kappa shape index (κ2) is 6.26. The van der Waals surface area contributed by atoms with Gasteiger partial charge in [-0.05, 0) is 24.0 Å². The van der Waals surface area contributed by atoms with Gasteiger partial charge < -0.3 is 0 Å². The van der Waals surface area contributed by atoms with Crippen molar-refractivity contribution in [1.29, 1.82) is 0 Å². The Morgan fingerprint density at radius 2 is 2.12 bits per heavy atom. The molecule has 4 nitrogen and oxygen atoms in total. The Bertz CT molecular complexity index is 397. The molecule has 1 N–H and O–H groups in total. The predicted octanol–water partition coefficient (Wildman–Crippen LogP) is 1.59. The second-order valence-corrected chi connectivity index (χ2v) is 4.86. The average molecular weight is 255 g/mol. The van der Waals surface area contributed by atoms with Gasteiger partial charge in [0.25, 0.3) is 0 Å². The quantitative estimate of drug-likeness (QED) is 0.641. The van der Waals surface area contributed by atoms with Crippen molar-refractivity contribution >= 4 is 11.4 Å². The molecule has 0 saturated carbocycles. The Labute approximate surface area is 104 Å². The molecule has 0 fully saturated rings. The van der Waals surface area contributed by atoms with Gasteiger partial charge >= 0.3 is 11.4 Å². The Hall–Kier alpha value is -0.750. The highest BCUT2D eigenvalue weighted by atomic mass is 32.2. The van der Waals surface area contributed by atoms with Gasteiger partial charge in [-0.3, -0.25) is 13.6 Å². The molecule has 1 aliphatic heterocycles. The first-order chi connectivity index (χ1) is 8.25. The Balaban J connectivity index is 1.76. The van der Waals surface area contributed by atoms with Crippen molar-refractivity contribution in [3.63, 3.8) is 0 Å². The number of fused-ring (bicyclic) bond motifs is 1. The standard InChI is InChI=1S/C12H17NO3S/c14-17(15)16-9-3-7-13-8-6-11-4-1-2-5-12(11)10-13/h1-2,4-5H,3,6-10H2,(H,14,15). The normalized spacial score (nSPS) is 17.7. The molecule has 5 heteroatoms. The minimum Gasteiger partial charge on any atom is -0.299 e. The van der Waals surface area contributed by atoms with E-state index in [9.17, 15) is 4.21 Å². The van der Waals surface area contributed by atoms with E-state index in [0.29, 0.717) is 6.61 Å². The predicted molar refractivity (Wildman–Crippen MR) is 66.8 cm³/mol. The molecule has 2 rings (SSSR count). The molecule has 0 saturated heterocycles. The molecule has 1 aliphatic rings. The molecule has 1 heterocycles. The summed E-state index contributed by atoms with van der Waals surface area (Å²) in [6.07, 6.45) is 1.87. The van der Waals surface area contributed by atoms with Crippen molar-refractivity contribution < 1.29 is 12.9 Å². The fourth-order valence-electron chi connectivity index (χ4n) is 2.16. The first-order valence-corrected chi connectivity index (χ1v) is 6.82. The molecular weight excluding hydrogens is 238 g/mol. The zero-order chi connectivity index (χ0) is 12.1. The fraction of sp³-hybridized carbons (Fsp3) is 0.500. The molecule has 0 amide bonds. The van der Waals surface area contributed by atoms with E-state index in [1.807, 2.05) is 0 Å².